The molecule has 0 saturated heterocycles. The maximum atomic E-state index is 14.8. The molecule has 1 unspecified atom stereocenters. The fourth-order valence-corrected chi connectivity index (χ4v) is 3.56. The molecule has 0 heterocycles. The molecule has 2 amide bonds. The van der Waals surface area contributed by atoms with Crippen LogP contribution < -0.4 is 10.6 Å². The van der Waals surface area contributed by atoms with Crippen molar-refractivity contribution in [1.29, 1.82) is 0 Å². The van der Waals surface area contributed by atoms with Gasteiger partial charge < -0.3 is 10.6 Å². The van der Waals surface area contributed by atoms with Gasteiger partial charge in [-0.05, 0) is 42.0 Å². The molecular formula is C22H14Cl2F10N2O2. The average Bonchev–Trinajstić information content (AvgIpc) is 2.76. The van der Waals surface area contributed by atoms with Crippen molar-refractivity contribution >= 4 is 40.8 Å². The van der Waals surface area contributed by atoms with Gasteiger partial charge in [0.25, 0.3) is 5.91 Å². The quantitative estimate of drug-likeness (QED) is 0.335. The van der Waals surface area contributed by atoms with Crippen molar-refractivity contribution in [1.82, 2.24) is 10.6 Å². The van der Waals surface area contributed by atoms with E-state index in [0.29, 0.717) is 12.1 Å². The zero-order valence-corrected chi connectivity index (χ0v) is 19.9. The Morgan fingerprint density at radius 1 is 0.868 bits per heavy atom. The number of alkyl halides is 9. The van der Waals surface area contributed by atoms with Crippen LogP contribution in [0, 0.1) is 0 Å². The Hall–Kier alpha value is -3.00. The second kappa shape index (κ2) is 11.8. The molecular weight excluding hydrogens is 585 g/mol. The van der Waals surface area contributed by atoms with Crippen LogP contribution in [0.3, 0.4) is 0 Å². The number of hydrogen-bond donors (Lipinski definition) is 2. The fraction of sp³-hybridized carbons (Fsp3) is 0.273. The zero-order valence-electron chi connectivity index (χ0n) is 18.4. The van der Waals surface area contributed by atoms with Gasteiger partial charge in [0, 0.05) is 15.6 Å². The lowest BCUT2D eigenvalue weighted by molar-refractivity contribution is -0.140. The van der Waals surface area contributed by atoms with Gasteiger partial charge in [0.15, 0.2) is 0 Å². The molecule has 2 aromatic carbocycles. The molecule has 0 fully saturated rings. The van der Waals surface area contributed by atoms with Crippen LogP contribution in [0.5, 0.6) is 0 Å². The summed E-state index contributed by atoms with van der Waals surface area (Å²) in [6.45, 7) is -2.88. The van der Waals surface area contributed by atoms with Gasteiger partial charge >= 0.3 is 18.5 Å². The number of amides is 2. The molecule has 0 aliphatic carbocycles. The first-order valence-corrected chi connectivity index (χ1v) is 10.8. The predicted octanol–water partition coefficient (Wildman–Crippen LogP) is 7.08. The van der Waals surface area contributed by atoms with Crippen LogP contribution in [0.4, 0.5) is 43.9 Å². The number of carbonyl (C=O) groups excluding carboxylic acids is 2. The van der Waals surface area contributed by atoms with Crippen LogP contribution in [0.15, 0.2) is 42.5 Å². The smallest absolute Gasteiger partial charge is 0.345 e. The van der Waals surface area contributed by atoms with E-state index in [9.17, 15) is 53.5 Å². The molecule has 0 bridgehead atoms. The van der Waals surface area contributed by atoms with Gasteiger partial charge in [-0.15, -0.1) is 0 Å². The minimum absolute atomic E-state index is 0.00219. The standard InChI is InChI=1S/C22H14Cl2F10N2O2/c23-12-3-11(4-13(24)6-12)15(21(29,30)31)7-17(25)10-1-2-14(16(5-10)22(32,33)34)19(38)35-8-18(37)36-9-20(26,27)28/h1-7,15H,8-9H2,(H,35,38)(H,36,37)/b17-7-. The molecule has 208 valence electrons. The summed E-state index contributed by atoms with van der Waals surface area (Å²) in [5.74, 6) is -7.31. The third-order valence-corrected chi connectivity index (χ3v) is 5.09. The molecule has 2 rings (SSSR count). The number of carbonyl (C=O) groups is 2. The molecule has 0 aliphatic rings. The summed E-state index contributed by atoms with van der Waals surface area (Å²) in [6, 6.07) is 3.89. The molecule has 0 saturated carbocycles. The summed E-state index contributed by atoms with van der Waals surface area (Å²) in [5, 5.41) is 2.64. The first-order chi connectivity index (χ1) is 17.3. The van der Waals surface area contributed by atoms with Crippen LogP contribution >= 0.6 is 23.2 Å². The zero-order chi connectivity index (χ0) is 29.1. The lowest BCUT2D eigenvalue weighted by Gasteiger charge is -2.19. The van der Waals surface area contributed by atoms with E-state index in [1.165, 1.54) is 5.32 Å². The highest BCUT2D eigenvalue weighted by Gasteiger charge is 2.41. The fourth-order valence-electron chi connectivity index (χ4n) is 3.02. The van der Waals surface area contributed by atoms with Crippen LogP contribution in [0.2, 0.25) is 10.0 Å². The maximum absolute atomic E-state index is 14.8. The summed E-state index contributed by atoms with van der Waals surface area (Å²) >= 11 is 11.4. The number of halogens is 12. The second-order valence-electron chi connectivity index (χ2n) is 7.57. The van der Waals surface area contributed by atoms with Crippen molar-refractivity contribution in [3.05, 3.63) is 74.8 Å². The average molecular weight is 599 g/mol. The third-order valence-electron chi connectivity index (χ3n) is 4.65. The van der Waals surface area contributed by atoms with Crippen LogP contribution in [-0.2, 0) is 11.0 Å². The molecule has 2 aromatic rings. The Kier molecular flexibility index (Phi) is 9.70. The summed E-state index contributed by atoms with van der Waals surface area (Å²) in [4.78, 5) is 23.5. The number of rotatable bonds is 7. The summed E-state index contributed by atoms with van der Waals surface area (Å²) in [5.41, 5.74) is -4.51. The van der Waals surface area contributed by atoms with Gasteiger partial charge in [0.05, 0.1) is 17.7 Å². The summed E-state index contributed by atoms with van der Waals surface area (Å²) in [6.07, 6.45) is -15.2. The number of hydrogen-bond acceptors (Lipinski definition) is 2. The van der Waals surface area contributed by atoms with Gasteiger partial charge in [-0.1, -0.05) is 29.3 Å². The Morgan fingerprint density at radius 3 is 1.95 bits per heavy atom. The van der Waals surface area contributed by atoms with E-state index >= 15 is 0 Å². The second-order valence-corrected chi connectivity index (χ2v) is 8.44. The SMILES string of the molecule is O=C(CNC(=O)c1ccc(/C(F)=C/C(c2cc(Cl)cc(Cl)c2)C(F)(F)F)cc1C(F)(F)F)NCC(F)(F)F. The van der Waals surface area contributed by atoms with Crippen molar-refractivity contribution in [2.75, 3.05) is 13.1 Å². The predicted molar refractivity (Wildman–Crippen MR) is 117 cm³/mol. The highest BCUT2D eigenvalue weighted by atomic mass is 35.5. The normalized spacial score (nSPS) is 13.7. The van der Waals surface area contributed by atoms with E-state index in [1.54, 1.807) is 5.32 Å². The first-order valence-electron chi connectivity index (χ1n) is 10.0. The third kappa shape index (κ3) is 9.08. The van der Waals surface area contributed by atoms with Crippen LogP contribution in [-0.4, -0.2) is 37.3 Å². The topological polar surface area (TPSA) is 58.2 Å². The number of allylic oxidation sites excluding steroid dienone is 1. The van der Waals surface area contributed by atoms with Crippen molar-refractivity contribution in [2.24, 2.45) is 0 Å². The Balaban J connectivity index is 2.39. The minimum Gasteiger partial charge on any atom is -0.345 e. The van der Waals surface area contributed by atoms with Gasteiger partial charge in [-0.2, -0.15) is 39.5 Å². The summed E-state index contributed by atoms with van der Waals surface area (Å²) < 4.78 is 133. The van der Waals surface area contributed by atoms with Gasteiger partial charge in [0.2, 0.25) is 5.91 Å². The summed E-state index contributed by atoms with van der Waals surface area (Å²) in [7, 11) is 0. The van der Waals surface area contributed by atoms with Crippen molar-refractivity contribution in [3.8, 4) is 0 Å². The Bertz CT molecular complexity index is 1200. The molecule has 1 atom stereocenters. The van der Waals surface area contributed by atoms with E-state index in [4.69, 9.17) is 23.2 Å². The molecule has 0 radical (unpaired) electrons. The lowest BCUT2D eigenvalue weighted by atomic mass is 9.95. The molecule has 4 nitrogen and oxygen atoms in total. The van der Waals surface area contributed by atoms with E-state index in [1.807, 2.05) is 0 Å². The van der Waals surface area contributed by atoms with E-state index < -0.39 is 77.4 Å². The largest absolute Gasteiger partial charge is 0.417 e. The van der Waals surface area contributed by atoms with Crippen molar-refractivity contribution < 1.29 is 53.5 Å². The van der Waals surface area contributed by atoms with E-state index in [-0.39, 0.29) is 22.2 Å². The molecule has 0 aliphatic heterocycles. The van der Waals surface area contributed by atoms with Gasteiger partial charge in [0.1, 0.15) is 18.3 Å². The molecule has 0 aromatic heterocycles. The highest BCUT2D eigenvalue weighted by Crippen LogP contribution is 2.41. The van der Waals surface area contributed by atoms with Crippen LogP contribution in [0.25, 0.3) is 5.83 Å². The highest BCUT2D eigenvalue weighted by molar-refractivity contribution is 6.34. The van der Waals surface area contributed by atoms with Crippen molar-refractivity contribution in [3.63, 3.8) is 0 Å². The molecule has 0 spiro atoms. The lowest BCUT2D eigenvalue weighted by Crippen LogP contribution is -2.41. The van der Waals surface area contributed by atoms with Crippen LogP contribution in [0.1, 0.15) is 33.0 Å². The monoisotopic (exact) mass is 598 g/mol. The van der Waals surface area contributed by atoms with Gasteiger partial charge in [-0.25, -0.2) is 4.39 Å². The molecule has 16 heteroatoms. The van der Waals surface area contributed by atoms with Gasteiger partial charge in [-0.3, -0.25) is 9.59 Å². The Morgan fingerprint density at radius 2 is 1.45 bits per heavy atom. The van der Waals surface area contributed by atoms with E-state index in [0.717, 1.165) is 18.2 Å². The Labute approximate surface area is 217 Å². The van der Waals surface area contributed by atoms with E-state index in [2.05, 4.69) is 0 Å². The molecule has 2 N–H and O–H groups in total. The first kappa shape index (κ1) is 31.2. The number of benzene rings is 2. The molecule has 38 heavy (non-hydrogen) atoms. The van der Waals surface area contributed by atoms with Crippen molar-refractivity contribution in [2.45, 2.75) is 24.4 Å². The maximum Gasteiger partial charge on any atom is 0.417 e. The number of nitrogens with one attached hydrogen (secondary N) is 2. The minimum atomic E-state index is -5.31.